The standard InChI is InChI=1S/C15H20N2O/c1-16-10-9-13-7-3-4-8-14(13)15(18)17-11-5-2-6-12-17/h2-5,7-8,16H,6,9-12H2,1H3. The van der Waals surface area contributed by atoms with Gasteiger partial charge in [-0.05, 0) is 38.1 Å². The first kappa shape index (κ1) is 12.8. The van der Waals surface area contributed by atoms with E-state index in [9.17, 15) is 4.79 Å². The van der Waals surface area contributed by atoms with Crippen molar-refractivity contribution in [1.29, 1.82) is 0 Å². The molecule has 96 valence electrons. The molecule has 0 atom stereocenters. The predicted molar refractivity (Wildman–Crippen MR) is 73.7 cm³/mol. The minimum absolute atomic E-state index is 0.158. The molecule has 1 aromatic rings. The highest BCUT2D eigenvalue weighted by Crippen LogP contribution is 2.14. The number of hydrogen-bond acceptors (Lipinski definition) is 2. The molecule has 0 unspecified atom stereocenters. The lowest BCUT2D eigenvalue weighted by atomic mass is 10.0. The average Bonchev–Trinajstić information content (AvgIpc) is 2.45. The zero-order chi connectivity index (χ0) is 12.8. The monoisotopic (exact) mass is 244 g/mol. The number of hydrogen-bond donors (Lipinski definition) is 1. The molecule has 1 aliphatic heterocycles. The second-order valence-electron chi connectivity index (χ2n) is 4.52. The third-order valence-electron chi connectivity index (χ3n) is 3.24. The van der Waals surface area contributed by atoms with Gasteiger partial charge in [0.25, 0.3) is 5.91 Å². The molecule has 1 amide bonds. The first-order valence-electron chi connectivity index (χ1n) is 6.49. The van der Waals surface area contributed by atoms with Crippen molar-refractivity contribution in [2.45, 2.75) is 12.8 Å². The van der Waals surface area contributed by atoms with Crippen molar-refractivity contribution in [3.63, 3.8) is 0 Å². The van der Waals surface area contributed by atoms with E-state index in [-0.39, 0.29) is 5.91 Å². The number of amides is 1. The van der Waals surface area contributed by atoms with Crippen LogP contribution < -0.4 is 5.32 Å². The van der Waals surface area contributed by atoms with Crippen molar-refractivity contribution in [3.8, 4) is 0 Å². The van der Waals surface area contributed by atoms with Crippen LogP contribution in [0.4, 0.5) is 0 Å². The van der Waals surface area contributed by atoms with Crippen molar-refractivity contribution >= 4 is 5.91 Å². The van der Waals surface area contributed by atoms with E-state index in [1.165, 1.54) is 0 Å². The summed E-state index contributed by atoms with van der Waals surface area (Å²) in [6.07, 6.45) is 6.06. The van der Waals surface area contributed by atoms with Gasteiger partial charge in [0.05, 0.1) is 0 Å². The van der Waals surface area contributed by atoms with Crippen molar-refractivity contribution in [2.24, 2.45) is 0 Å². The molecule has 1 N–H and O–H groups in total. The zero-order valence-corrected chi connectivity index (χ0v) is 10.9. The lowest BCUT2D eigenvalue weighted by Gasteiger charge is -2.24. The summed E-state index contributed by atoms with van der Waals surface area (Å²) in [5, 5.41) is 3.13. The van der Waals surface area contributed by atoms with Crippen LogP contribution in [0.1, 0.15) is 22.3 Å². The first-order valence-corrected chi connectivity index (χ1v) is 6.49. The van der Waals surface area contributed by atoms with E-state index in [0.717, 1.165) is 43.6 Å². The number of nitrogens with one attached hydrogen (secondary N) is 1. The Bertz CT molecular complexity index is 440. The highest BCUT2D eigenvalue weighted by atomic mass is 16.2. The van der Waals surface area contributed by atoms with Gasteiger partial charge in [-0.1, -0.05) is 30.4 Å². The number of carbonyl (C=O) groups excluding carboxylic acids is 1. The van der Waals surface area contributed by atoms with Crippen LogP contribution in [0.25, 0.3) is 0 Å². The number of carbonyl (C=O) groups is 1. The Labute approximate surface area is 108 Å². The van der Waals surface area contributed by atoms with Crippen LogP contribution in [-0.2, 0) is 6.42 Å². The summed E-state index contributed by atoms with van der Waals surface area (Å²) in [5.41, 5.74) is 1.98. The van der Waals surface area contributed by atoms with Crippen LogP contribution in [0, 0.1) is 0 Å². The quantitative estimate of drug-likeness (QED) is 0.820. The minimum Gasteiger partial charge on any atom is -0.335 e. The molecule has 0 bridgehead atoms. The molecule has 0 saturated heterocycles. The Hall–Kier alpha value is -1.61. The second-order valence-corrected chi connectivity index (χ2v) is 4.52. The SMILES string of the molecule is CNCCc1ccccc1C(=O)N1CC=CCC1. The van der Waals surface area contributed by atoms with Gasteiger partial charge in [-0.15, -0.1) is 0 Å². The smallest absolute Gasteiger partial charge is 0.254 e. The summed E-state index contributed by atoms with van der Waals surface area (Å²) >= 11 is 0. The fourth-order valence-corrected chi connectivity index (χ4v) is 2.20. The Kier molecular flexibility index (Phi) is 4.53. The molecule has 0 aliphatic carbocycles. The molecule has 0 saturated carbocycles. The van der Waals surface area contributed by atoms with Crippen LogP contribution in [0.2, 0.25) is 0 Å². The summed E-state index contributed by atoms with van der Waals surface area (Å²) in [7, 11) is 1.93. The van der Waals surface area contributed by atoms with Gasteiger partial charge in [0.1, 0.15) is 0 Å². The lowest BCUT2D eigenvalue weighted by molar-refractivity contribution is 0.0770. The average molecular weight is 244 g/mol. The number of benzene rings is 1. The molecule has 3 nitrogen and oxygen atoms in total. The van der Waals surface area contributed by atoms with Crippen LogP contribution in [0.15, 0.2) is 36.4 Å². The first-order chi connectivity index (χ1) is 8.83. The molecule has 18 heavy (non-hydrogen) atoms. The Morgan fingerprint density at radius 2 is 2.17 bits per heavy atom. The van der Waals surface area contributed by atoms with Crippen LogP contribution in [0.3, 0.4) is 0 Å². The lowest BCUT2D eigenvalue weighted by Crippen LogP contribution is -2.34. The van der Waals surface area contributed by atoms with Crippen LogP contribution in [-0.4, -0.2) is 37.5 Å². The second kappa shape index (κ2) is 6.36. The van der Waals surface area contributed by atoms with E-state index >= 15 is 0 Å². The van der Waals surface area contributed by atoms with E-state index in [0.29, 0.717) is 0 Å². The zero-order valence-electron chi connectivity index (χ0n) is 10.9. The van der Waals surface area contributed by atoms with Crippen molar-refractivity contribution < 1.29 is 4.79 Å². The van der Waals surface area contributed by atoms with E-state index in [1.54, 1.807) is 0 Å². The molecular formula is C15H20N2O. The fourth-order valence-electron chi connectivity index (χ4n) is 2.20. The van der Waals surface area contributed by atoms with Gasteiger partial charge in [0.15, 0.2) is 0 Å². The van der Waals surface area contributed by atoms with Gasteiger partial charge >= 0.3 is 0 Å². The molecule has 0 aromatic heterocycles. The highest BCUT2D eigenvalue weighted by Gasteiger charge is 2.18. The van der Waals surface area contributed by atoms with Gasteiger partial charge in [-0.25, -0.2) is 0 Å². The Balaban J connectivity index is 2.15. The van der Waals surface area contributed by atoms with Crippen LogP contribution in [0.5, 0.6) is 0 Å². The van der Waals surface area contributed by atoms with Gasteiger partial charge in [-0.2, -0.15) is 0 Å². The van der Waals surface area contributed by atoms with E-state index < -0.39 is 0 Å². The molecule has 0 spiro atoms. The maximum Gasteiger partial charge on any atom is 0.254 e. The summed E-state index contributed by atoms with van der Waals surface area (Å²) in [5.74, 6) is 0.158. The van der Waals surface area contributed by atoms with Gasteiger partial charge in [-0.3, -0.25) is 4.79 Å². The van der Waals surface area contributed by atoms with E-state index in [2.05, 4.69) is 17.5 Å². The molecule has 1 aromatic carbocycles. The summed E-state index contributed by atoms with van der Waals surface area (Å²) in [6.45, 7) is 2.46. The predicted octanol–water partition coefficient (Wildman–Crippen LogP) is 1.85. The molecular weight excluding hydrogens is 224 g/mol. The van der Waals surface area contributed by atoms with Crippen molar-refractivity contribution in [1.82, 2.24) is 10.2 Å². The number of likely N-dealkylation sites (N-methyl/N-ethyl adjacent to an activating group) is 1. The molecule has 0 radical (unpaired) electrons. The van der Waals surface area contributed by atoms with Crippen molar-refractivity contribution in [2.75, 3.05) is 26.7 Å². The third-order valence-corrected chi connectivity index (χ3v) is 3.24. The molecule has 2 rings (SSSR count). The van der Waals surface area contributed by atoms with Crippen molar-refractivity contribution in [3.05, 3.63) is 47.5 Å². The van der Waals surface area contributed by atoms with E-state index in [4.69, 9.17) is 0 Å². The molecule has 1 heterocycles. The topological polar surface area (TPSA) is 32.3 Å². The summed E-state index contributed by atoms with van der Waals surface area (Å²) in [4.78, 5) is 14.4. The van der Waals surface area contributed by atoms with Crippen LogP contribution >= 0.6 is 0 Å². The van der Waals surface area contributed by atoms with Gasteiger partial charge < -0.3 is 10.2 Å². The summed E-state index contributed by atoms with van der Waals surface area (Å²) < 4.78 is 0. The third kappa shape index (κ3) is 2.99. The largest absolute Gasteiger partial charge is 0.335 e. The summed E-state index contributed by atoms with van der Waals surface area (Å²) in [6, 6.07) is 7.92. The molecule has 3 heteroatoms. The highest BCUT2D eigenvalue weighted by molar-refractivity contribution is 5.95. The maximum absolute atomic E-state index is 12.5. The van der Waals surface area contributed by atoms with Gasteiger partial charge in [0.2, 0.25) is 0 Å². The maximum atomic E-state index is 12.5. The Morgan fingerprint density at radius 3 is 2.89 bits per heavy atom. The minimum atomic E-state index is 0.158. The molecule has 1 aliphatic rings. The Morgan fingerprint density at radius 1 is 1.33 bits per heavy atom. The van der Waals surface area contributed by atoms with Gasteiger partial charge in [0, 0.05) is 18.7 Å². The van der Waals surface area contributed by atoms with E-state index in [1.807, 2.05) is 36.2 Å². The fraction of sp³-hybridized carbons (Fsp3) is 0.400. The normalized spacial score (nSPS) is 14.8. The number of nitrogens with zero attached hydrogens (tertiary/aromatic N) is 1. The molecule has 0 fully saturated rings. The number of rotatable bonds is 4.